The molecule has 1 N–H and O–H groups in total. The summed E-state index contributed by atoms with van der Waals surface area (Å²) in [6, 6.07) is 7.67. The van der Waals surface area contributed by atoms with Crippen LogP contribution in [-0.4, -0.2) is 25.8 Å². The largest absolute Gasteiger partial charge is 0.334 e. The van der Waals surface area contributed by atoms with Gasteiger partial charge in [-0.25, -0.2) is 0 Å². The van der Waals surface area contributed by atoms with E-state index in [1.807, 2.05) is 49.7 Å². The SMILES string of the molecule is Cc1cccc(-c2nc(C(C)C)no2)c1NC(=O)c1cc(C2CC2)n(C(C)(C)C)n1. The van der Waals surface area contributed by atoms with E-state index in [9.17, 15) is 4.79 Å². The molecule has 0 spiro atoms. The molecule has 0 saturated heterocycles. The second kappa shape index (κ2) is 7.38. The van der Waals surface area contributed by atoms with Crippen LogP contribution in [0, 0.1) is 6.92 Å². The molecule has 1 amide bonds. The van der Waals surface area contributed by atoms with Gasteiger partial charge in [-0.15, -0.1) is 0 Å². The Morgan fingerprint density at radius 2 is 2.00 bits per heavy atom. The average Bonchev–Trinajstić information content (AvgIpc) is 3.21. The molecule has 1 aliphatic rings. The summed E-state index contributed by atoms with van der Waals surface area (Å²) < 4.78 is 7.46. The zero-order valence-electron chi connectivity index (χ0n) is 18.5. The van der Waals surface area contributed by atoms with Gasteiger partial charge in [-0.2, -0.15) is 10.1 Å². The van der Waals surface area contributed by atoms with Gasteiger partial charge in [-0.05, 0) is 58.2 Å². The van der Waals surface area contributed by atoms with Crippen molar-refractivity contribution in [3.05, 3.63) is 47.0 Å². The number of para-hydroxylation sites is 1. The Bertz CT molecular complexity index is 1080. The quantitative estimate of drug-likeness (QED) is 0.624. The van der Waals surface area contributed by atoms with E-state index in [4.69, 9.17) is 4.52 Å². The van der Waals surface area contributed by atoms with Crippen LogP contribution in [0.15, 0.2) is 28.8 Å². The van der Waals surface area contributed by atoms with Crippen molar-refractivity contribution in [3.63, 3.8) is 0 Å². The van der Waals surface area contributed by atoms with Crippen LogP contribution in [0.25, 0.3) is 11.5 Å². The predicted molar refractivity (Wildman–Crippen MR) is 116 cm³/mol. The number of rotatable bonds is 5. The molecule has 1 aromatic carbocycles. The van der Waals surface area contributed by atoms with Crippen molar-refractivity contribution in [2.45, 2.75) is 71.8 Å². The van der Waals surface area contributed by atoms with Crippen LogP contribution < -0.4 is 5.32 Å². The lowest BCUT2D eigenvalue weighted by atomic mass is 10.1. The monoisotopic (exact) mass is 407 g/mol. The molecular weight excluding hydrogens is 378 g/mol. The first-order valence-electron chi connectivity index (χ1n) is 10.5. The minimum Gasteiger partial charge on any atom is -0.334 e. The van der Waals surface area contributed by atoms with Crippen molar-refractivity contribution in [2.75, 3.05) is 5.32 Å². The first kappa shape index (κ1) is 20.3. The molecule has 0 radical (unpaired) electrons. The number of nitrogens with one attached hydrogen (secondary N) is 1. The molecule has 7 nitrogen and oxygen atoms in total. The zero-order valence-corrected chi connectivity index (χ0v) is 18.5. The summed E-state index contributed by atoms with van der Waals surface area (Å²) in [6.07, 6.45) is 2.31. The Balaban J connectivity index is 1.67. The minimum absolute atomic E-state index is 0.160. The Labute approximate surface area is 176 Å². The van der Waals surface area contributed by atoms with Crippen LogP contribution in [0.5, 0.6) is 0 Å². The number of aryl methyl sites for hydroxylation is 1. The van der Waals surface area contributed by atoms with E-state index in [0.29, 0.717) is 34.6 Å². The second-order valence-electron chi connectivity index (χ2n) is 9.38. The van der Waals surface area contributed by atoms with Crippen LogP contribution >= 0.6 is 0 Å². The third-order valence-electron chi connectivity index (χ3n) is 5.30. The van der Waals surface area contributed by atoms with Gasteiger partial charge in [0.25, 0.3) is 11.8 Å². The molecule has 158 valence electrons. The number of carbonyl (C=O) groups is 1. The van der Waals surface area contributed by atoms with Gasteiger partial charge >= 0.3 is 0 Å². The van der Waals surface area contributed by atoms with Gasteiger partial charge in [0.15, 0.2) is 11.5 Å². The van der Waals surface area contributed by atoms with Gasteiger partial charge in [-0.3, -0.25) is 9.48 Å². The maximum absolute atomic E-state index is 13.1. The highest BCUT2D eigenvalue weighted by atomic mass is 16.5. The van der Waals surface area contributed by atoms with Crippen molar-refractivity contribution in [2.24, 2.45) is 0 Å². The fourth-order valence-electron chi connectivity index (χ4n) is 3.48. The van der Waals surface area contributed by atoms with Crippen LogP contribution in [0.1, 0.15) is 86.9 Å². The van der Waals surface area contributed by atoms with Crippen LogP contribution in [0.3, 0.4) is 0 Å². The molecule has 0 bridgehead atoms. The molecule has 2 aromatic heterocycles. The molecule has 1 saturated carbocycles. The number of carbonyl (C=O) groups excluding carboxylic acids is 1. The topological polar surface area (TPSA) is 85.8 Å². The van der Waals surface area contributed by atoms with E-state index in [0.717, 1.165) is 24.1 Å². The van der Waals surface area contributed by atoms with Crippen molar-refractivity contribution >= 4 is 11.6 Å². The lowest BCUT2D eigenvalue weighted by molar-refractivity contribution is 0.102. The summed E-state index contributed by atoms with van der Waals surface area (Å²) in [5.41, 5.74) is 3.68. The van der Waals surface area contributed by atoms with Gasteiger partial charge in [0, 0.05) is 17.5 Å². The molecule has 7 heteroatoms. The Hall–Kier alpha value is -2.96. The molecule has 1 aliphatic carbocycles. The van der Waals surface area contributed by atoms with Crippen LogP contribution in [-0.2, 0) is 5.54 Å². The summed E-state index contributed by atoms with van der Waals surface area (Å²) in [4.78, 5) is 17.6. The average molecular weight is 408 g/mol. The summed E-state index contributed by atoms with van der Waals surface area (Å²) >= 11 is 0. The smallest absolute Gasteiger partial charge is 0.276 e. The Morgan fingerprint density at radius 3 is 2.60 bits per heavy atom. The summed E-state index contributed by atoms with van der Waals surface area (Å²) in [7, 11) is 0. The minimum atomic E-state index is -0.237. The lowest BCUT2D eigenvalue weighted by Gasteiger charge is -2.22. The molecule has 4 rings (SSSR count). The molecule has 0 unspecified atom stereocenters. The number of amides is 1. The van der Waals surface area contributed by atoms with Crippen molar-refractivity contribution < 1.29 is 9.32 Å². The lowest BCUT2D eigenvalue weighted by Crippen LogP contribution is -2.26. The number of hydrogen-bond donors (Lipinski definition) is 1. The molecule has 2 heterocycles. The van der Waals surface area contributed by atoms with Gasteiger partial charge in [0.2, 0.25) is 0 Å². The van der Waals surface area contributed by atoms with E-state index >= 15 is 0 Å². The number of anilines is 1. The highest BCUT2D eigenvalue weighted by molar-refractivity contribution is 6.05. The normalized spacial score (nSPS) is 14.4. The summed E-state index contributed by atoms with van der Waals surface area (Å²) in [5.74, 6) is 1.46. The second-order valence-corrected chi connectivity index (χ2v) is 9.38. The summed E-state index contributed by atoms with van der Waals surface area (Å²) in [5, 5.41) is 11.7. The van der Waals surface area contributed by atoms with Gasteiger partial charge in [-0.1, -0.05) is 31.1 Å². The maximum atomic E-state index is 13.1. The predicted octanol–water partition coefficient (Wildman–Crippen LogP) is 5.25. The molecule has 30 heavy (non-hydrogen) atoms. The first-order valence-corrected chi connectivity index (χ1v) is 10.5. The molecule has 3 aromatic rings. The van der Waals surface area contributed by atoms with E-state index < -0.39 is 0 Å². The van der Waals surface area contributed by atoms with Gasteiger partial charge in [0.1, 0.15) is 0 Å². The number of benzene rings is 1. The first-order chi connectivity index (χ1) is 14.1. The van der Waals surface area contributed by atoms with Crippen molar-refractivity contribution in [1.29, 1.82) is 0 Å². The number of hydrogen-bond acceptors (Lipinski definition) is 5. The van der Waals surface area contributed by atoms with Gasteiger partial charge in [0.05, 0.1) is 16.8 Å². The summed E-state index contributed by atoms with van der Waals surface area (Å²) in [6.45, 7) is 12.3. The molecular formula is C23H29N5O2. The van der Waals surface area contributed by atoms with Crippen LogP contribution in [0.2, 0.25) is 0 Å². The molecule has 1 fully saturated rings. The van der Waals surface area contributed by atoms with Crippen molar-refractivity contribution in [1.82, 2.24) is 19.9 Å². The number of aromatic nitrogens is 4. The van der Waals surface area contributed by atoms with E-state index in [2.05, 4.69) is 41.3 Å². The fourth-order valence-corrected chi connectivity index (χ4v) is 3.48. The fraction of sp³-hybridized carbons (Fsp3) is 0.478. The van der Waals surface area contributed by atoms with Crippen molar-refractivity contribution in [3.8, 4) is 11.5 Å². The Morgan fingerprint density at radius 1 is 1.27 bits per heavy atom. The standard InChI is InChI=1S/C23H29N5O2/c1-13(2)20-25-22(30-27-20)16-9-7-8-14(3)19(16)24-21(29)17-12-18(15-10-11-15)28(26-17)23(4,5)6/h7-9,12-13,15H,10-11H2,1-6H3,(H,24,29). The van der Waals surface area contributed by atoms with E-state index in [-0.39, 0.29) is 17.4 Å². The third kappa shape index (κ3) is 3.88. The number of nitrogens with zero attached hydrogens (tertiary/aromatic N) is 4. The Kier molecular flexibility index (Phi) is 5.00. The highest BCUT2D eigenvalue weighted by Gasteiger charge is 2.32. The van der Waals surface area contributed by atoms with Gasteiger partial charge < -0.3 is 9.84 Å². The highest BCUT2D eigenvalue weighted by Crippen LogP contribution is 2.42. The molecule has 0 aliphatic heterocycles. The third-order valence-corrected chi connectivity index (χ3v) is 5.30. The molecule has 0 atom stereocenters. The zero-order chi connectivity index (χ0) is 21.6. The van der Waals surface area contributed by atoms with Crippen LogP contribution in [0.4, 0.5) is 5.69 Å². The van der Waals surface area contributed by atoms with E-state index in [1.165, 1.54) is 0 Å². The maximum Gasteiger partial charge on any atom is 0.276 e. The van der Waals surface area contributed by atoms with E-state index in [1.54, 1.807) is 0 Å².